The number of rotatable bonds is 1. The van der Waals surface area contributed by atoms with E-state index in [2.05, 4.69) is 11.8 Å². The molecule has 0 aliphatic carbocycles. The second kappa shape index (κ2) is 2.48. The van der Waals surface area contributed by atoms with Crippen molar-refractivity contribution in [1.29, 1.82) is 0 Å². The van der Waals surface area contributed by atoms with Crippen molar-refractivity contribution in [3.63, 3.8) is 0 Å². The van der Waals surface area contributed by atoms with E-state index in [0.29, 0.717) is 5.92 Å². The summed E-state index contributed by atoms with van der Waals surface area (Å²) in [7, 11) is 2.00. The summed E-state index contributed by atoms with van der Waals surface area (Å²) in [6.07, 6.45) is 2.09. The smallest absolute Gasteiger partial charge is 0.137 e. The van der Waals surface area contributed by atoms with Crippen LogP contribution in [0.5, 0.6) is 0 Å². The number of likely N-dealkylation sites (tertiary alicyclic amines) is 1. The largest absolute Gasteiger partial charge is 0.302 e. The summed E-state index contributed by atoms with van der Waals surface area (Å²) in [6.45, 7) is 3.25. The number of hydrogen-bond acceptors (Lipinski definition) is 2. The van der Waals surface area contributed by atoms with E-state index < -0.39 is 0 Å². The van der Waals surface area contributed by atoms with Gasteiger partial charge in [-0.3, -0.25) is 4.90 Å². The Bertz CT molecular complexity index is 113. The Balaban J connectivity index is 2.47. The minimum atomic E-state index is 0.194. The summed E-state index contributed by atoms with van der Waals surface area (Å²) >= 11 is 0. The number of carbonyl (C=O) groups is 1. The molecule has 0 bridgehead atoms. The molecule has 52 valence electrons. The first-order chi connectivity index (χ1) is 4.24. The minimum Gasteiger partial charge on any atom is -0.302 e. The molecule has 1 heterocycles. The highest BCUT2D eigenvalue weighted by molar-refractivity contribution is 5.58. The lowest BCUT2D eigenvalue weighted by molar-refractivity contribution is -0.111. The van der Waals surface area contributed by atoms with Gasteiger partial charge >= 0.3 is 0 Å². The summed E-state index contributed by atoms with van der Waals surface area (Å²) < 4.78 is 0. The molecule has 2 nitrogen and oxygen atoms in total. The SMILES string of the molecule is C[C@H]1C[C@@H](C=O)N(C)C1. The van der Waals surface area contributed by atoms with Gasteiger partial charge in [-0.2, -0.15) is 0 Å². The van der Waals surface area contributed by atoms with Crippen molar-refractivity contribution in [1.82, 2.24) is 4.90 Å². The van der Waals surface area contributed by atoms with Crippen LogP contribution in [0.25, 0.3) is 0 Å². The van der Waals surface area contributed by atoms with Crippen LogP contribution in [0.15, 0.2) is 0 Å². The van der Waals surface area contributed by atoms with E-state index in [4.69, 9.17) is 0 Å². The molecular formula is C7H13NO. The van der Waals surface area contributed by atoms with Gasteiger partial charge in [-0.05, 0) is 19.4 Å². The predicted octanol–water partition coefficient (Wildman–Crippen LogP) is 0.526. The fourth-order valence-corrected chi connectivity index (χ4v) is 1.45. The van der Waals surface area contributed by atoms with E-state index in [1.165, 1.54) is 0 Å². The van der Waals surface area contributed by atoms with E-state index in [9.17, 15) is 4.79 Å². The average molecular weight is 127 g/mol. The van der Waals surface area contributed by atoms with Crippen LogP contribution in [0, 0.1) is 5.92 Å². The maximum atomic E-state index is 10.3. The Morgan fingerprint density at radius 1 is 1.67 bits per heavy atom. The zero-order valence-electron chi connectivity index (χ0n) is 6.00. The number of likely N-dealkylation sites (N-methyl/N-ethyl adjacent to an activating group) is 1. The van der Waals surface area contributed by atoms with Crippen molar-refractivity contribution in [2.75, 3.05) is 13.6 Å². The fourth-order valence-electron chi connectivity index (χ4n) is 1.45. The van der Waals surface area contributed by atoms with Crippen molar-refractivity contribution >= 4 is 6.29 Å². The standard InChI is InChI=1S/C7H13NO/c1-6-3-7(5-9)8(2)4-6/h5-7H,3-4H2,1-2H3/t6-,7-/m0/s1. The molecule has 1 saturated heterocycles. The van der Waals surface area contributed by atoms with Gasteiger partial charge in [0, 0.05) is 6.54 Å². The van der Waals surface area contributed by atoms with Crippen molar-refractivity contribution in [2.24, 2.45) is 5.92 Å². The van der Waals surface area contributed by atoms with Crippen molar-refractivity contribution < 1.29 is 4.79 Å². The zero-order valence-corrected chi connectivity index (χ0v) is 6.00. The van der Waals surface area contributed by atoms with Crippen molar-refractivity contribution in [2.45, 2.75) is 19.4 Å². The second-order valence-electron chi connectivity index (χ2n) is 2.98. The summed E-state index contributed by atoms with van der Waals surface area (Å²) in [5.74, 6) is 0.699. The van der Waals surface area contributed by atoms with Gasteiger partial charge in [0.25, 0.3) is 0 Å². The molecule has 0 spiro atoms. The summed E-state index contributed by atoms with van der Waals surface area (Å²) in [5, 5.41) is 0. The number of aldehydes is 1. The van der Waals surface area contributed by atoms with Gasteiger partial charge in [0.05, 0.1) is 6.04 Å². The molecular weight excluding hydrogens is 114 g/mol. The number of nitrogens with zero attached hydrogens (tertiary/aromatic N) is 1. The Labute approximate surface area is 55.8 Å². The highest BCUT2D eigenvalue weighted by Gasteiger charge is 2.25. The third kappa shape index (κ3) is 1.30. The maximum absolute atomic E-state index is 10.3. The number of carbonyl (C=O) groups excluding carboxylic acids is 1. The molecule has 1 aliphatic rings. The summed E-state index contributed by atoms with van der Waals surface area (Å²) in [6, 6.07) is 0.194. The quantitative estimate of drug-likeness (QED) is 0.479. The highest BCUT2D eigenvalue weighted by Crippen LogP contribution is 2.18. The van der Waals surface area contributed by atoms with Gasteiger partial charge in [-0.1, -0.05) is 6.92 Å². The maximum Gasteiger partial charge on any atom is 0.137 e. The Kier molecular flexibility index (Phi) is 1.86. The van der Waals surface area contributed by atoms with E-state index in [0.717, 1.165) is 19.3 Å². The van der Waals surface area contributed by atoms with Crippen molar-refractivity contribution in [3.05, 3.63) is 0 Å². The third-order valence-electron chi connectivity index (χ3n) is 1.97. The van der Waals surface area contributed by atoms with Gasteiger partial charge in [-0.25, -0.2) is 0 Å². The Morgan fingerprint density at radius 3 is 2.56 bits per heavy atom. The molecule has 0 aromatic rings. The molecule has 1 fully saturated rings. The predicted molar refractivity (Wildman–Crippen MR) is 36.3 cm³/mol. The zero-order chi connectivity index (χ0) is 6.85. The summed E-state index contributed by atoms with van der Waals surface area (Å²) in [5.41, 5.74) is 0. The molecule has 0 amide bonds. The molecule has 2 atom stereocenters. The molecule has 0 unspecified atom stereocenters. The molecule has 0 N–H and O–H groups in total. The highest BCUT2D eigenvalue weighted by atomic mass is 16.1. The average Bonchev–Trinajstić information content (AvgIpc) is 2.10. The lowest BCUT2D eigenvalue weighted by Gasteiger charge is -2.10. The normalized spacial score (nSPS) is 37.1. The van der Waals surface area contributed by atoms with Crippen molar-refractivity contribution in [3.8, 4) is 0 Å². The third-order valence-corrected chi connectivity index (χ3v) is 1.97. The lowest BCUT2D eigenvalue weighted by atomic mass is 10.1. The van der Waals surface area contributed by atoms with Gasteiger partial charge in [0.1, 0.15) is 6.29 Å². The van der Waals surface area contributed by atoms with Gasteiger partial charge in [0.2, 0.25) is 0 Å². The molecule has 2 heteroatoms. The monoisotopic (exact) mass is 127 g/mol. The van der Waals surface area contributed by atoms with E-state index in [1.54, 1.807) is 0 Å². The van der Waals surface area contributed by atoms with E-state index in [1.807, 2.05) is 7.05 Å². The van der Waals surface area contributed by atoms with Crippen LogP contribution in [0.3, 0.4) is 0 Å². The van der Waals surface area contributed by atoms with Crippen LogP contribution >= 0.6 is 0 Å². The van der Waals surface area contributed by atoms with Crippen LogP contribution in [0.1, 0.15) is 13.3 Å². The van der Waals surface area contributed by atoms with Crippen LogP contribution < -0.4 is 0 Å². The molecule has 0 aromatic heterocycles. The molecule has 1 aliphatic heterocycles. The summed E-state index contributed by atoms with van der Waals surface area (Å²) in [4.78, 5) is 12.4. The first kappa shape index (κ1) is 6.75. The molecule has 1 rings (SSSR count). The fraction of sp³-hybridized carbons (Fsp3) is 0.857. The minimum absolute atomic E-state index is 0.194. The van der Waals surface area contributed by atoms with Gasteiger partial charge < -0.3 is 4.79 Å². The second-order valence-corrected chi connectivity index (χ2v) is 2.98. The van der Waals surface area contributed by atoms with Crippen LogP contribution in [-0.2, 0) is 4.79 Å². The van der Waals surface area contributed by atoms with Gasteiger partial charge in [0.15, 0.2) is 0 Å². The first-order valence-corrected chi connectivity index (χ1v) is 3.39. The van der Waals surface area contributed by atoms with Gasteiger partial charge in [-0.15, -0.1) is 0 Å². The Hall–Kier alpha value is -0.370. The molecule has 9 heavy (non-hydrogen) atoms. The lowest BCUT2D eigenvalue weighted by Crippen LogP contribution is -2.25. The molecule has 0 saturated carbocycles. The van der Waals surface area contributed by atoms with E-state index >= 15 is 0 Å². The molecule has 0 radical (unpaired) electrons. The van der Waals surface area contributed by atoms with Crippen LogP contribution in [0.4, 0.5) is 0 Å². The van der Waals surface area contributed by atoms with Crippen LogP contribution in [0.2, 0.25) is 0 Å². The van der Waals surface area contributed by atoms with E-state index in [-0.39, 0.29) is 6.04 Å². The Morgan fingerprint density at radius 2 is 2.33 bits per heavy atom. The first-order valence-electron chi connectivity index (χ1n) is 3.39. The number of hydrogen-bond donors (Lipinski definition) is 0. The topological polar surface area (TPSA) is 20.3 Å². The molecule has 0 aromatic carbocycles. The van der Waals surface area contributed by atoms with Crippen LogP contribution in [-0.4, -0.2) is 30.8 Å².